The molecule has 2 saturated carbocycles. The van der Waals surface area contributed by atoms with Crippen molar-refractivity contribution in [1.29, 1.82) is 0 Å². The van der Waals surface area contributed by atoms with Crippen LogP contribution in [0.3, 0.4) is 0 Å². The van der Waals surface area contributed by atoms with E-state index in [0.717, 1.165) is 24.2 Å². The summed E-state index contributed by atoms with van der Waals surface area (Å²) in [6.45, 7) is 7.61. The third-order valence-electron chi connectivity index (χ3n) is 4.75. The Bertz CT molecular complexity index is 427. The van der Waals surface area contributed by atoms with Crippen molar-refractivity contribution in [3.8, 4) is 0 Å². The van der Waals surface area contributed by atoms with Crippen LogP contribution in [0.15, 0.2) is 0 Å². The minimum atomic E-state index is 0.233. The lowest BCUT2D eigenvalue weighted by molar-refractivity contribution is 0.287. The Morgan fingerprint density at radius 1 is 1.26 bits per heavy atom. The van der Waals surface area contributed by atoms with Crippen molar-refractivity contribution in [3.63, 3.8) is 0 Å². The van der Waals surface area contributed by atoms with Crippen LogP contribution in [0.5, 0.6) is 0 Å². The van der Waals surface area contributed by atoms with Crippen molar-refractivity contribution in [2.24, 2.45) is 17.8 Å². The molecule has 0 radical (unpaired) electrons. The molecule has 3 rings (SSSR count). The van der Waals surface area contributed by atoms with E-state index < -0.39 is 0 Å². The number of aromatic nitrogens is 4. The molecule has 0 amide bonds. The van der Waals surface area contributed by atoms with E-state index >= 15 is 0 Å². The summed E-state index contributed by atoms with van der Waals surface area (Å²) in [5, 5.41) is 16.0. The zero-order valence-corrected chi connectivity index (χ0v) is 12.2. The summed E-state index contributed by atoms with van der Waals surface area (Å²) in [6.07, 6.45) is 5.44. The van der Waals surface area contributed by atoms with E-state index in [-0.39, 0.29) is 6.04 Å². The lowest BCUT2D eigenvalue weighted by Crippen LogP contribution is -2.28. The first-order valence-electron chi connectivity index (χ1n) is 7.66. The molecule has 2 aliphatic rings. The standard InChI is InChI=1S/C14H25N5/c1-9(2)8-15-10(3)14-16-17-18-19(14)13-7-11-4-5-12(13)6-11/h9-13,15H,4-8H2,1-3H3. The van der Waals surface area contributed by atoms with Crippen molar-refractivity contribution in [2.45, 2.75) is 58.5 Å². The van der Waals surface area contributed by atoms with Gasteiger partial charge in [-0.3, -0.25) is 0 Å². The fraction of sp³-hybridized carbons (Fsp3) is 0.929. The summed E-state index contributed by atoms with van der Waals surface area (Å²) in [6, 6.07) is 0.781. The van der Waals surface area contributed by atoms with Gasteiger partial charge in [-0.1, -0.05) is 20.3 Å². The molecule has 0 saturated heterocycles. The normalized spacial score (nSPS) is 31.3. The predicted octanol–water partition coefficient (Wildman–Crippen LogP) is 2.34. The van der Waals surface area contributed by atoms with Gasteiger partial charge in [-0.25, -0.2) is 4.68 Å². The van der Waals surface area contributed by atoms with Gasteiger partial charge < -0.3 is 5.32 Å². The summed E-state index contributed by atoms with van der Waals surface area (Å²) in [4.78, 5) is 0. The van der Waals surface area contributed by atoms with Gasteiger partial charge in [0.1, 0.15) is 0 Å². The Hall–Kier alpha value is -0.970. The van der Waals surface area contributed by atoms with Crippen LogP contribution in [0, 0.1) is 17.8 Å². The van der Waals surface area contributed by atoms with E-state index in [1.54, 1.807) is 0 Å². The maximum absolute atomic E-state index is 4.28. The van der Waals surface area contributed by atoms with Gasteiger partial charge in [-0.15, -0.1) is 5.10 Å². The molecule has 0 spiro atoms. The Balaban J connectivity index is 1.71. The fourth-order valence-electron chi connectivity index (χ4n) is 3.74. The number of hydrogen-bond acceptors (Lipinski definition) is 4. The number of nitrogens with zero attached hydrogens (tertiary/aromatic N) is 4. The Morgan fingerprint density at radius 2 is 2.11 bits per heavy atom. The molecule has 1 aromatic rings. The highest BCUT2D eigenvalue weighted by molar-refractivity contribution is 4.99. The van der Waals surface area contributed by atoms with E-state index in [4.69, 9.17) is 0 Å². The average molecular weight is 263 g/mol. The van der Waals surface area contributed by atoms with Crippen LogP contribution in [0.2, 0.25) is 0 Å². The van der Waals surface area contributed by atoms with Gasteiger partial charge in [0.2, 0.25) is 0 Å². The summed E-state index contributed by atoms with van der Waals surface area (Å²) < 4.78 is 2.11. The summed E-state index contributed by atoms with van der Waals surface area (Å²) in [5.41, 5.74) is 0. The molecule has 106 valence electrons. The van der Waals surface area contributed by atoms with E-state index in [1.165, 1.54) is 25.7 Å². The molecular weight excluding hydrogens is 238 g/mol. The van der Waals surface area contributed by atoms with Gasteiger partial charge in [0, 0.05) is 0 Å². The van der Waals surface area contributed by atoms with Crippen LogP contribution in [-0.4, -0.2) is 26.8 Å². The molecule has 1 heterocycles. The first kappa shape index (κ1) is 13.0. The Labute approximate surface area is 115 Å². The van der Waals surface area contributed by atoms with E-state index in [1.807, 2.05) is 0 Å². The van der Waals surface area contributed by atoms with Crippen LogP contribution >= 0.6 is 0 Å². The molecule has 0 aromatic carbocycles. The number of rotatable bonds is 5. The van der Waals surface area contributed by atoms with E-state index in [2.05, 4.69) is 46.3 Å². The SMILES string of the molecule is CC(C)CNC(C)c1nnnn1C1CC2CCC1C2. The molecule has 4 unspecified atom stereocenters. The molecule has 1 N–H and O–H groups in total. The van der Waals surface area contributed by atoms with Crippen LogP contribution in [0.1, 0.15) is 64.4 Å². The smallest absolute Gasteiger partial charge is 0.168 e. The molecule has 2 fully saturated rings. The minimum Gasteiger partial charge on any atom is -0.307 e. The second-order valence-electron chi connectivity index (χ2n) is 6.75. The van der Waals surface area contributed by atoms with Crippen molar-refractivity contribution < 1.29 is 0 Å². The van der Waals surface area contributed by atoms with Gasteiger partial charge in [0.25, 0.3) is 0 Å². The van der Waals surface area contributed by atoms with E-state index in [9.17, 15) is 0 Å². The summed E-state index contributed by atoms with van der Waals surface area (Å²) in [5.74, 6) is 3.39. The zero-order chi connectivity index (χ0) is 13.4. The van der Waals surface area contributed by atoms with Crippen LogP contribution in [-0.2, 0) is 0 Å². The lowest BCUT2D eigenvalue weighted by Gasteiger charge is -2.24. The number of fused-ring (bicyclic) bond motifs is 2. The van der Waals surface area contributed by atoms with Gasteiger partial charge in [0.05, 0.1) is 12.1 Å². The quantitative estimate of drug-likeness (QED) is 0.886. The second kappa shape index (κ2) is 5.19. The topological polar surface area (TPSA) is 55.6 Å². The highest BCUT2D eigenvalue weighted by Crippen LogP contribution is 2.50. The van der Waals surface area contributed by atoms with Crippen molar-refractivity contribution in [2.75, 3.05) is 6.54 Å². The largest absolute Gasteiger partial charge is 0.307 e. The van der Waals surface area contributed by atoms with Crippen molar-refractivity contribution in [1.82, 2.24) is 25.5 Å². The predicted molar refractivity (Wildman–Crippen MR) is 73.6 cm³/mol. The average Bonchev–Trinajstić information content (AvgIpc) is 3.09. The van der Waals surface area contributed by atoms with Gasteiger partial charge in [0.15, 0.2) is 5.82 Å². The maximum atomic E-state index is 4.28. The molecule has 2 bridgehead atoms. The number of tetrazole rings is 1. The molecule has 19 heavy (non-hydrogen) atoms. The van der Waals surface area contributed by atoms with Crippen LogP contribution < -0.4 is 5.32 Å². The molecule has 5 heteroatoms. The minimum absolute atomic E-state index is 0.233. The molecule has 0 aliphatic heterocycles. The van der Waals surface area contributed by atoms with Crippen molar-refractivity contribution in [3.05, 3.63) is 5.82 Å². The number of nitrogens with one attached hydrogen (secondary N) is 1. The monoisotopic (exact) mass is 263 g/mol. The van der Waals surface area contributed by atoms with Crippen LogP contribution in [0.25, 0.3) is 0 Å². The van der Waals surface area contributed by atoms with Crippen LogP contribution in [0.4, 0.5) is 0 Å². The van der Waals surface area contributed by atoms with Gasteiger partial charge >= 0.3 is 0 Å². The van der Waals surface area contributed by atoms with Crippen molar-refractivity contribution >= 4 is 0 Å². The third kappa shape index (κ3) is 2.53. The van der Waals surface area contributed by atoms with E-state index in [0.29, 0.717) is 12.0 Å². The van der Waals surface area contributed by atoms with Gasteiger partial charge in [-0.05, 0) is 60.9 Å². The first-order valence-corrected chi connectivity index (χ1v) is 7.66. The highest BCUT2D eigenvalue weighted by Gasteiger charge is 2.42. The maximum Gasteiger partial charge on any atom is 0.168 e. The second-order valence-corrected chi connectivity index (χ2v) is 6.75. The lowest BCUT2D eigenvalue weighted by atomic mass is 9.95. The summed E-state index contributed by atoms with van der Waals surface area (Å²) in [7, 11) is 0. The highest BCUT2D eigenvalue weighted by atomic mass is 15.6. The summed E-state index contributed by atoms with van der Waals surface area (Å²) >= 11 is 0. The number of hydrogen-bond donors (Lipinski definition) is 1. The zero-order valence-electron chi connectivity index (χ0n) is 12.2. The molecule has 1 aromatic heterocycles. The third-order valence-corrected chi connectivity index (χ3v) is 4.75. The Morgan fingerprint density at radius 3 is 2.74 bits per heavy atom. The fourth-order valence-corrected chi connectivity index (χ4v) is 3.74. The molecule has 2 aliphatic carbocycles. The molecule has 4 atom stereocenters. The molecule has 5 nitrogen and oxygen atoms in total. The van der Waals surface area contributed by atoms with Gasteiger partial charge in [-0.2, -0.15) is 0 Å². The molecular formula is C14H25N5. The first-order chi connectivity index (χ1) is 9.15. The Kier molecular flexibility index (Phi) is 3.56.